The Kier molecular flexibility index (Phi) is 3.47. The second kappa shape index (κ2) is 4.67. The van der Waals surface area contributed by atoms with E-state index in [1.807, 2.05) is 30.5 Å². The number of H-pyrrole nitrogens is 1. The molecule has 5 heteroatoms. The summed E-state index contributed by atoms with van der Waals surface area (Å²) < 4.78 is 5.66. The highest BCUT2D eigenvalue weighted by atomic mass is 16.5. The largest absolute Gasteiger partial charge is 0.492 e. The lowest BCUT2D eigenvalue weighted by Crippen LogP contribution is -2.53. The van der Waals surface area contributed by atoms with Gasteiger partial charge in [-0.05, 0) is 50.7 Å². The molecule has 19 heavy (non-hydrogen) atoms. The van der Waals surface area contributed by atoms with Gasteiger partial charge in [0.2, 0.25) is 0 Å². The van der Waals surface area contributed by atoms with Crippen LogP contribution < -0.4 is 5.46 Å². The summed E-state index contributed by atoms with van der Waals surface area (Å²) in [5, 5.41) is 21.3. The highest BCUT2D eigenvalue weighted by Gasteiger charge is 2.39. The van der Waals surface area contributed by atoms with Crippen LogP contribution in [0.4, 0.5) is 0 Å². The van der Waals surface area contributed by atoms with Crippen molar-refractivity contribution in [1.82, 2.24) is 4.98 Å². The highest BCUT2D eigenvalue weighted by Crippen LogP contribution is 2.25. The van der Waals surface area contributed by atoms with Gasteiger partial charge in [-0.1, -0.05) is 12.1 Å². The fourth-order valence-electron chi connectivity index (χ4n) is 1.81. The Morgan fingerprint density at radius 3 is 2.47 bits per heavy atom. The van der Waals surface area contributed by atoms with Crippen LogP contribution in [-0.4, -0.2) is 33.4 Å². The monoisotopic (exact) mass is 261 g/mol. The maximum absolute atomic E-state index is 10.3. The molecule has 0 saturated carbocycles. The minimum atomic E-state index is -1.08. The molecule has 0 unspecified atom stereocenters. The maximum atomic E-state index is 10.3. The van der Waals surface area contributed by atoms with E-state index in [0.29, 0.717) is 5.46 Å². The van der Waals surface area contributed by atoms with Crippen LogP contribution in [0.3, 0.4) is 0 Å². The van der Waals surface area contributed by atoms with Crippen molar-refractivity contribution >= 4 is 23.5 Å². The van der Waals surface area contributed by atoms with Gasteiger partial charge in [-0.15, -0.1) is 0 Å². The van der Waals surface area contributed by atoms with E-state index in [0.717, 1.165) is 10.9 Å². The zero-order valence-electron chi connectivity index (χ0n) is 11.8. The predicted octanol–water partition coefficient (Wildman–Crippen LogP) is 1.42. The Hall–Kier alpha value is -1.30. The molecule has 102 valence electrons. The van der Waals surface area contributed by atoms with Gasteiger partial charge in [-0.25, -0.2) is 0 Å². The second-order valence-electron chi connectivity index (χ2n) is 5.83. The van der Waals surface area contributed by atoms with Gasteiger partial charge in [0.1, 0.15) is 0 Å². The standard InChI is InChI=1S/C14H20BNO3/c1-13(2,17)14(3,4)19-15(18)11-6-5-7-12-10(11)8-9-16-12/h5-9,16-18H,1-4H3. The average molecular weight is 261 g/mol. The lowest BCUT2D eigenvalue weighted by Gasteiger charge is -2.38. The fourth-order valence-corrected chi connectivity index (χ4v) is 1.81. The Morgan fingerprint density at radius 2 is 1.84 bits per heavy atom. The summed E-state index contributed by atoms with van der Waals surface area (Å²) in [6, 6.07) is 7.51. The van der Waals surface area contributed by atoms with Crippen LogP contribution in [0.2, 0.25) is 0 Å². The molecule has 0 amide bonds. The number of hydrogen-bond acceptors (Lipinski definition) is 3. The van der Waals surface area contributed by atoms with Gasteiger partial charge >= 0.3 is 7.12 Å². The molecule has 0 fully saturated rings. The van der Waals surface area contributed by atoms with Crippen LogP contribution in [0, 0.1) is 0 Å². The van der Waals surface area contributed by atoms with Gasteiger partial charge in [0.15, 0.2) is 0 Å². The third kappa shape index (κ3) is 2.68. The van der Waals surface area contributed by atoms with Crippen molar-refractivity contribution in [3.8, 4) is 0 Å². The summed E-state index contributed by atoms with van der Waals surface area (Å²) in [7, 11) is -1.08. The van der Waals surface area contributed by atoms with Crippen molar-refractivity contribution in [2.24, 2.45) is 0 Å². The van der Waals surface area contributed by atoms with E-state index in [1.54, 1.807) is 27.7 Å². The Balaban J connectivity index is 2.30. The third-order valence-electron chi connectivity index (χ3n) is 3.77. The quantitative estimate of drug-likeness (QED) is 0.729. The van der Waals surface area contributed by atoms with Crippen molar-refractivity contribution in [1.29, 1.82) is 0 Å². The van der Waals surface area contributed by atoms with Crippen molar-refractivity contribution in [3.05, 3.63) is 30.5 Å². The summed E-state index contributed by atoms with van der Waals surface area (Å²) in [5.74, 6) is 0. The smallest absolute Gasteiger partial charge is 0.423 e. The Morgan fingerprint density at radius 1 is 1.16 bits per heavy atom. The molecular formula is C14H20BNO3. The zero-order chi connectivity index (χ0) is 14.3. The van der Waals surface area contributed by atoms with Crippen LogP contribution in [0.15, 0.2) is 30.5 Å². The topological polar surface area (TPSA) is 65.5 Å². The molecule has 3 N–H and O–H groups in total. The van der Waals surface area contributed by atoms with E-state index in [9.17, 15) is 10.1 Å². The first-order chi connectivity index (χ1) is 8.72. The SMILES string of the molecule is CC(C)(O)C(C)(C)OB(O)c1cccc2[nH]ccc12. The number of aromatic amines is 1. The lowest BCUT2D eigenvalue weighted by atomic mass is 9.75. The van der Waals surface area contributed by atoms with Crippen LogP contribution in [0.25, 0.3) is 10.9 Å². The summed E-state index contributed by atoms with van der Waals surface area (Å²) >= 11 is 0. The van der Waals surface area contributed by atoms with Crippen LogP contribution in [0.5, 0.6) is 0 Å². The van der Waals surface area contributed by atoms with Crippen molar-refractivity contribution in [3.63, 3.8) is 0 Å². The van der Waals surface area contributed by atoms with Gasteiger partial charge in [-0.2, -0.15) is 0 Å². The molecule has 0 saturated heterocycles. The van der Waals surface area contributed by atoms with Gasteiger partial charge in [0, 0.05) is 11.7 Å². The predicted molar refractivity (Wildman–Crippen MR) is 77.4 cm³/mol. The van der Waals surface area contributed by atoms with Gasteiger partial charge < -0.3 is 19.8 Å². The first-order valence-electron chi connectivity index (χ1n) is 6.37. The van der Waals surface area contributed by atoms with Crippen LogP contribution >= 0.6 is 0 Å². The zero-order valence-corrected chi connectivity index (χ0v) is 11.8. The number of hydrogen-bond donors (Lipinski definition) is 3. The molecular weight excluding hydrogens is 241 g/mol. The molecule has 4 nitrogen and oxygen atoms in total. The molecule has 0 atom stereocenters. The van der Waals surface area contributed by atoms with E-state index in [2.05, 4.69) is 4.98 Å². The van der Waals surface area contributed by atoms with E-state index < -0.39 is 18.3 Å². The number of benzene rings is 1. The molecule has 0 aliphatic heterocycles. The molecule has 1 heterocycles. The number of nitrogens with one attached hydrogen (secondary N) is 1. The Labute approximate surface area is 113 Å². The van der Waals surface area contributed by atoms with Gasteiger partial charge in [0.25, 0.3) is 0 Å². The van der Waals surface area contributed by atoms with Crippen molar-refractivity contribution in [2.45, 2.75) is 38.9 Å². The minimum absolute atomic E-state index is 0.691. The molecule has 0 aliphatic rings. The van der Waals surface area contributed by atoms with E-state index in [4.69, 9.17) is 4.65 Å². The maximum Gasteiger partial charge on any atom is 0.492 e. The highest BCUT2D eigenvalue weighted by molar-refractivity contribution is 6.63. The van der Waals surface area contributed by atoms with E-state index >= 15 is 0 Å². The molecule has 2 rings (SSSR count). The second-order valence-corrected chi connectivity index (χ2v) is 5.83. The van der Waals surface area contributed by atoms with Crippen molar-refractivity contribution in [2.75, 3.05) is 0 Å². The summed E-state index contributed by atoms with van der Waals surface area (Å²) in [4.78, 5) is 3.09. The number of fused-ring (bicyclic) bond motifs is 1. The molecule has 1 aromatic heterocycles. The summed E-state index contributed by atoms with van der Waals surface area (Å²) in [6.45, 7) is 6.84. The van der Waals surface area contributed by atoms with E-state index in [1.165, 1.54) is 0 Å². The number of aromatic nitrogens is 1. The summed E-state index contributed by atoms with van der Waals surface area (Å²) in [5.41, 5.74) is -0.289. The molecule has 0 bridgehead atoms. The normalized spacial score (nSPS) is 12.9. The first-order valence-corrected chi connectivity index (χ1v) is 6.37. The minimum Gasteiger partial charge on any atom is -0.423 e. The third-order valence-corrected chi connectivity index (χ3v) is 3.77. The first kappa shape index (κ1) is 14.1. The fraction of sp³-hybridized carbons (Fsp3) is 0.429. The molecule has 2 aromatic rings. The van der Waals surface area contributed by atoms with Crippen LogP contribution in [-0.2, 0) is 4.65 Å². The van der Waals surface area contributed by atoms with E-state index in [-0.39, 0.29) is 0 Å². The summed E-state index contributed by atoms with van der Waals surface area (Å²) in [6.07, 6.45) is 1.82. The molecule has 0 aliphatic carbocycles. The van der Waals surface area contributed by atoms with Gasteiger partial charge in [0.05, 0.1) is 11.2 Å². The average Bonchev–Trinajstić information content (AvgIpc) is 2.73. The number of aliphatic hydroxyl groups is 1. The van der Waals surface area contributed by atoms with Crippen LogP contribution in [0.1, 0.15) is 27.7 Å². The molecule has 0 radical (unpaired) electrons. The lowest BCUT2D eigenvalue weighted by molar-refractivity contribution is -0.0982. The number of rotatable bonds is 4. The molecule has 1 aromatic carbocycles. The Bertz CT molecular complexity index is 571. The van der Waals surface area contributed by atoms with Crippen molar-refractivity contribution < 1.29 is 14.8 Å². The van der Waals surface area contributed by atoms with Gasteiger partial charge in [-0.3, -0.25) is 0 Å². The molecule has 0 spiro atoms.